The number of hydrogen-bond donors (Lipinski definition) is 1. The van der Waals surface area contributed by atoms with Crippen LogP contribution in [-0.4, -0.2) is 35.1 Å². The third-order valence-electron chi connectivity index (χ3n) is 4.10. The summed E-state index contributed by atoms with van der Waals surface area (Å²) < 4.78 is 0. The molecule has 0 saturated heterocycles. The summed E-state index contributed by atoms with van der Waals surface area (Å²) in [7, 11) is 0. The van der Waals surface area contributed by atoms with E-state index in [1.165, 1.54) is 17.5 Å². The fourth-order valence-corrected chi connectivity index (χ4v) is 2.71. The topological polar surface area (TPSA) is 40.5 Å². The second-order valence-electron chi connectivity index (χ2n) is 5.74. The normalized spacial score (nSPS) is 14.9. The number of aliphatic hydroxyl groups is 1. The average Bonchev–Trinajstić information content (AvgIpc) is 2.38. The first-order valence-electron chi connectivity index (χ1n) is 7.66. The lowest BCUT2D eigenvalue weighted by Crippen LogP contribution is -2.45. The van der Waals surface area contributed by atoms with Crippen LogP contribution in [0.5, 0.6) is 0 Å². The van der Waals surface area contributed by atoms with Crippen LogP contribution in [0.15, 0.2) is 24.3 Å². The van der Waals surface area contributed by atoms with Crippen molar-refractivity contribution in [2.45, 2.75) is 51.5 Å². The number of benzene rings is 1. The summed E-state index contributed by atoms with van der Waals surface area (Å²) in [5.41, 5.74) is 2.47. The number of aliphatic hydroxyl groups excluding tert-OH is 1. The van der Waals surface area contributed by atoms with Gasteiger partial charge in [0.15, 0.2) is 0 Å². The third-order valence-corrected chi connectivity index (χ3v) is 4.10. The van der Waals surface area contributed by atoms with Crippen LogP contribution in [0.4, 0.5) is 0 Å². The zero-order chi connectivity index (χ0) is 14.4. The van der Waals surface area contributed by atoms with E-state index in [4.69, 9.17) is 5.11 Å². The van der Waals surface area contributed by atoms with E-state index in [9.17, 15) is 4.79 Å². The second-order valence-corrected chi connectivity index (χ2v) is 5.74. The minimum Gasteiger partial charge on any atom is -0.396 e. The third kappa shape index (κ3) is 4.07. The van der Waals surface area contributed by atoms with E-state index in [1.54, 1.807) is 0 Å². The lowest BCUT2D eigenvalue weighted by molar-refractivity contribution is -0.135. The number of nitrogens with zero attached hydrogens (tertiary/aromatic N) is 1. The van der Waals surface area contributed by atoms with E-state index >= 15 is 0 Å². The van der Waals surface area contributed by atoms with Crippen molar-refractivity contribution in [3.8, 4) is 0 Å². The highest BCUT2D eigenvalue weighted by Gasteiger charge is 2.27. The van der Waals surface area contributed by atoms with Crippen molar-refractivity contribution < 1.29 is 9.90 Å². The molecule has 0 bridgehead atoms. The zero-order valence-electron chi connectivity index (χ0n) is 12.3. The van der Waals surface area contributed by atoms with Gasteiger partial charge in [0, 0.05) is 25.6 Å². The van der Waals surface area contributed by atoms with Crippen molar-refractivity contribution >= 4 is 5.91 Å². The lowest BCUT2D eigenvalue weighted by Gasteiger charge is -2.37. The Morgan fingerprint density at radius 1 is 1.40 bits per heavy atom. The summed E-state index contributed by atoms with van der Waals surface area (Å²) in [4.78, 5) is 14.4. The van der Waals surface area contributed by atoms with Crippen molar-refractivity contribution in [2.75, 3.05) is 13.2 Å². The predicted molar refractivity (Wildman–Crippen MR) is 80.6 cm³/mol. The van der Waals surface area contributed by atoms with Crippen LogP contribution in [0.1, 0.15) is 43.2 Å². The molecule has 20 heavy (non-hydrogen) atoms. The molecular formula is C17H25NO2. The van der Waals surface area contributed by atoms with E-state index in [0.29, 0.717) is 25.4 Å². The van der Waals surface area contributed by atoms with E-state index in [0.717, 1.165) is 19.3 Å². The van der Waals surface area contributed by atoms with Crippen molar-refractivity contribution in [1.29, 1.82) is 0 Å². The Bertz CT molecular complexity index is 440. The molecule has 1 fully saturated rings. The van der Waals surface area contributed by atoms with E-state index in [1.807, 2.05) is 11.0 Å². The Kier molecular flexibility index (Phi) is 5.60. The van der Waals surface area contributed by atoms with Gasteiger partial charge < -0.3 is 10.0 Å². The first kappa shape index (κ1) is 15.0. The molecule has 1 aromatic carbocycles. The molecule has 0 unspecified atom stereocenters. The summed E-state index contributed by atoms with van der Waals surface area (Å²) in [6, 6.07) is 8.78. The molecule has 1 aliphatic carbocycles. The maximum Gasteiger partial charge on any atom is 0.223 e. The molecule has 110 valence electrons. The summed E-state index contributed by atoms with van der Waals surface area (Å²) in [5, 5.41) is 8.97. The molecule has 3 nitrogen and oxygen atoms in total. The summed E-state index contributed by atoms with van der Waals surface area (Å²) in [6.07, 6.45) is 5.55. The van der Waals surface area contributed by atoms with Crippen LogP contribution in [0.3, 0.4) is 0 Å². The van der Waals surface area contributed by atoms with E-state index in [-0.39, 0.29) is 12.5 Å². The molecule has 0 aliphatic heterocycles. The van der Waals surface area contributed by atoms with Crippen LogP contribution in [0, 0.1) is 6.92 Å². The Morgan fingerprint density at radius 3 is 2.80 bits per heavy atom. The van der Waals surface area contributed by atoms with Crippen LogP contribution < -0.4 is 0 Å². The number of rotatable bonds is 7. The lowest BCUT2D eigenvalue weighted by atomic mass is 9.91. The number of carbonyl (C=O) groups is 1. The number of carbonyl (C=O) groups excluding carboxylic acids is 1. The first-order valence-corrected chi connectivity index (χ1v) is 7.66. The molecule has 0 aromatic heterocycles. The number of hydrogen-bond acceptors (Lipinski definition) is 2. The molecule has 1 aromatic rings. The van der Waals surface area contributed by atoms with Gasteiger partial charge in [-0.2, -0.15) is 0 Å². The van der Waals surface area contributed by atoms with Gasteiger partial charge in [0.1, 0.15) is 0 Å². The minimum absolute atomic E-state index is 0.161. The minimum atomic E-state index is 0.161. The highest BCUT2D eigenvalue weighted by atomic mass is 16.3. The fraction of sp³-hybridized carbons (Fsp3) is 0.588. The second kappa shape index (κ2) is 7.44. The highest BCUT2D eigenvalue weighted by molar-refractivity contribution is 5.77. The largest absolute Gasteiger partial charge is 0.396 e. The smallest absolute Gasteiger partial charge is 0.223 e. The fourth-order valence-electron chi connectivity index (χ4n) is 2.71. The standard InChI is InChI=1S/C17H25NO2/c1-14-5-2-6-15(13-14)9-10-17(20)18(11-4-12-19)16-7-3-8-16/h2,5-6,13,16,19H,3-4,7-12H2,1H3. The maximum atomic E-state index is 12.4. The van der Waals surface area contributed by atoms with Gasteiger partial charge >= 0.3 is 0 Å². The zero-order valence-corrected chi connectivity index (χ0v) is 12.3. The molecule has 0 radical (unpaired) electrons. The van der Waals surface area contributed by atoms with Gasteiger partial charge in [0.2, 0.25) is 5.91 Å². The quantitative estimate of drug-likeness (QED) is 0.831. The monoisotopic (exact) mass is 275 g/mol. The van der Waals surface area contributed by atoms with Crippen LogP contribution in [0.2, 0.25) is 0 Å². The van der Waals surface area contributed by atoms with Gasteiger partial charge in [-0.25, -0.2) is 0 Å². The molecule has 1 N–H and O–H groups in total. The number of aryl methyl sites for hydroxylation is 2. The molecular weight excluding hydrogens is 250 g/mol. The Balaban J connectivity index is 1.87. The van der Waals surface area contributed by atoms with E-state index < -0.39 is 0 Å². The SMILES string of the molecule is Cc1cccc(CCC(=O)N(CCCO)C2CCC2)c1. The van der Waals surface area contributed by atoms with Gasteiger partial charge in [-0.15, -0.1) is 0 Å². The van der Waals surface area contributed by atoms with Crippen molar-refractivity contribution in [3.05, 3.63) is 35.4 Å². The molecule has 1 saturated carbocycles. The molecule has 1 amide bonds. The molecule has 0 heterocycles. The first-order chi connectivity index (χ1) is 9.70. The Labute approximate surface area is 121 Å². The maximum absolute atomic E-state index is 12.4. The number of amides is 1. The Hall–Kier alpha value is -1.35. The van der Waals surface area contributed by atoms with Crippen molar-refractivity contribution in [1.82, 2.24) is 4.90 Å². The van der Waals surface area contributed by atoms with E-state index in [2.05, 4.69) is 25.1 Å². The van der Waals surface area contributed by atoms with Gasteiger partial charge in [-0.05, 0) is 44.6 Å². The van der Waals surface area contributed by atoms with Crippen LogP contribution >= 0.6 is 0 Å². The predicted octanol–water partition coefficient (Wildman–Crippen LogP) is 2.69. The molecule has 1 aliphatic rings. The average molecular weight is 275 g/mol. The molecule has 3 heteroatoms. The highest BCUT2D eigenvalue weighted by Crippen LogP contribution is 2.25. The summed E-state index contributed by atoms with van der Waals surface area (Å²) in [5.74, 6) is 0.240. The Morgan fingerprint density at radius 2 is 2.20 bits per heavy atom. The molecule has 0 atom stereocenters. The van der Waals surface area contributed by atoms with Gasteiger partial charge in [0.05, 0.1) is 0 Å². The van der Waals surface area contributed by atoms with Gasteiger partial charge in [-0.1, -0.05) is 29.8 Å². The molecule has 0 spiro atoms. The summed E-state index contributed by atoms with van der Waals surface area (Å²) >= 11 is 0. The molecule has 2 rings (SSSR count). The van der Waals surface area contributed by atoms with Crippen LogP contribution in [0.25, 0.3) is 0 Å². The van der Waals surface area contributed by atoms with Crippen molar-refractivity contribution in [3.63, 3.8) is 0 Å². The van der Waals surface area contributed by atoms with Gasteiger partial charge in [-0.3, -0.25) is 4.79 Å². The van der Waals surface area contributed by atoms with Gasteiger partial charge in [0.25, 0.3) is 0 Å². The van der Waals surface area contributed by atoms with Crippen LogP contribution in [-0.2, 0) is 11.2 Å². The van der Waals surface area contributed by atoms with Crippen molar-refractivity contribution in [2.24, 2.45) is 0 Å². The summed E-state index contributed by atoms with van der Waals surface area (Å²) in [6.45, 7) is 2.94.